The van der Waals surface area contributed by atoms with Gasteiger partial charge in [-0.3, -0.25) is 4.98 Å². The van der Waals surface area contributed by atoms with Crippen molar-refractivity contribution in [3.05, 3.63) is 46.7 Å². The van der Waals surface area contributed by atoms with E-state index in [0.717, 1.165) is 34.9 Å². The van der Waals surface area contributed by atoms with Crippen LogP contribution in [0.1, 0.15) is 29.5 Å². The van der Waals surface area contributed by atoms with Crippen LogP contribution in [0, 0.1) is 0 Å². The fraction of sp³-hybridized carbons (Fsp3) is 0.267. The van der Waals surface area contributed by atoms with E-state index in [2.05, 4.69) is 15.1 Å². The van der Waals surface area contributed by atoms with Crippen LogP contribution < -0.4 is 4.74 Å². The SMILES string of the molecule is c1ncc(COc2ccc(-c3noc(C4CC4)n3)cc2)s1. The molecule has 1 fully saturated rings. The molecular weight excluding hydrogens is 286 g/mol. The van der Waals surface area contributed by atoms with Crippen molar-refractivity contribution in [2.75, 3.05) is 0 Å². The number of nitrogens with zero attached hydrogens (tertiary/aromatic N) is 3. The molecule has 2 aromatic heterocycles. The summed E-state index contributed by atoms with van der Waals surface area (Å²) < 4.78 is 11.0. The topological polar surface area (TPSA) is 61.0 Å². The number of hydrogen-bond donors (Lipinski definition) is 0. The Labute approximate surface area is 125 Å². The van der Waals surface area contributed by atoms with Gasteiger partial charge in [0, 0.05) is 17.7 Å². The molecule has 106 valence electrons. The molecule has 0 saturated heterocycles. The number of ether oxygens (including phenoxy) is 1. The van der Waals surface area contributed by atoms with Gasteiger partial charge >= 0.3 is 0 Å². The van der Waals surface area contributed by atoms with E-state index in [1.807, 2.05) is 30.5 Å². The molecule has 2 heterocycles. The smallest absolute Gasteiger partial charge is 0.230 e. The maximum absolute atomic E-state index is 5.70. The van der Waals surface area contributed by atoms with Crippen molar-refractivity contribution < 1.29 is 9.26 Å². The molecule has 4 rings (SSSR count). The van der Waals surface area contributed by atoms with E-state index in [0.29, 0.717) is 18.3 Å². The molecule has 21 heavy (non-hydrogen) atoms. The molecule has 1 aliphatic rings. The van der Waals surface area contributed by atoms with Crippen LogP contribution in [0.25, 0.3) is 11.4 Å². The normalized spacial score (nSPS) is 14.3. The van der Waals surface area contributed by atoms with E-state index < -0.39 is 0 Å². The molecule has 1 aromatic carbocycles. The summed E-state index contributed by atoms with van der Waals surface area (Å²) in [5, 5.41) is 4.03. The highest BCUT2D eigenvalue weighted by Crippen LogP contribution is 2.39. The zero-order valence-electron chi connectivity index (χ0n) is 11.2. The van der Waals surface area contributed by atoms with Gasteiger partial charge in [-0.15, -0.1) is 11.3 Å². The molecule has 1 aliphatic carbocycles. The standard InChI is InChI=1S/C15H13N3O2S/c1-2-11(1)15-17-14(18-20-15)10-3-5-12(6-4-10)19-8-13-7-16-9-21-13/h3-7,9,11H,1-2,8H2. The summed E-state index contributed by atoms with van der Waals surface area (Å²) in [7, 11) is 0. The Balaban J connectivity index is 1.44. The van der Waals surface area contributed by atoms with Gasteiger partial charge in [-0.1, -0.05) is 5.16 Å². The molecule has 6 heteroatoms. The van der Waals surface area contributed by atoms with Crippen molar-refractivity contribution in [2.45, 2.75) is 25.4 Å². The highest BCUT2D eigenvalue weighted by Gasteiger charge is 2.29. The Morgan fingerprint density at radius 3 is 2.81 bits per heavy atom. The van der Waals surface area contributed by atoms with Gasteiger partial charge in [-0.2, -0.15) is 4.98 Å². The van der Waals surface area contributed by atoms with Gasteiger partial charge in [0.05, 0.1) is 10.4 Å². The minimum absolute atomic E-state index is 0.480. The number of hydrogen-bond acceptors (Lipinski definition) is 6. The van der Waals surface area contributed by atoms with Crippen molar-refractivity contribution in [2.24, 2.45) is 0 Å². The molecule has 0 atom stereocenters. The lowest BCUT2D eigenvalue weighted by Crippen LogP contribution is -1.92. The molecule has 0 spiro atoms. The summed E-state index contributed by atoms with van der Waals surface area (Å²) in [6, 6.07) is 7.74. The Hall–Kier alpha value is -2.21. The molecule has 0 radical (unpaired) electrons. The second-order valence-corrected chi connectivity index (χ2v) is 5.98. The van der Waals surface area contributed by atoms with E-state index in [1.54, 1.807) is 16.8 Å². The van der Waals surface area contributed by atoms with Crippen LogP contribution in [-0.4, -0.2) is 15.1 Å². The first-order valence-corrected chi connectivity index (χ1v) is 7.70. The zero-order valence-corrected chi connectivity index (χ0v) is 12.0. The van der Waals surface area contributed by atoms with Crippen molar-refractivity contribution in [1.29, 1.82) is 0 Å². The molecular formula is C15H13N3O2S. The fourth-order valence-corrected chi connectivity index (χ4v) is 2.52. The second-order valence-electron chi connectivity index (χ2n) is 5.01. The Bertz CT molecular complexity index is 718. The largest absolute Gasteiger partial charge is 0.488 e. The molecule has 0 unspecified atom stereocenters. The molecule has 0 amide bonds. The lowest BCUT2D eigenvalue weighted by atomic mass is 10.2. The van der Waals surface area contributed by atoms with Crippen LogP contribution >= 0.6 is 11.3 Å². The summed E-state index contributed by atoms with van der Waals surface area (Å²) in [6.07, 6.45) is 4.13. The first-order valence-electron chi connectivity index (χ1n) is 6.83. The van der Waals surface area contributed by atoms with Crippen LogP contribution in [0.3, 0.4) is 0 Å². The van der Waals surface area contributed by atoms with E-state index in [1.165, 1.54) is 0 Å². The Morgan fingerprint density at radius 1 is 1.24 bits per heavy atom. The van der Waals surface area contributed by atoms with Gasteiger partial charge in [0.15, 0.2) is 0 Å². The highest BCUT2D eigenvalue weighted by atomic mass is 32.1. The van der Waals surface area contributed by atoms with Crippen molar-refractivity contribution in [3.63, 3.8) is 0 Å². The maximum atomic E-state index is 5.70. The van der Waals surface area contributed by atoms with Gasteiger partial charge in [0.2, 0.25) is 11.7 Å². The predicted molar refractivity (Wildman–Crippen MR) is 78.2 cm³/mol. The predicted octanol–water partition coefficient (Wildman–Crippen LogP) is 3.65. The Morgan fingerprint density at radius 2 is 2.10 bits per heavy atom. The summed E-state index contributed by atoms with van der Waals surface area (Å²) >= 11 is 1.59. The summed E-state index contributed by atoms with van der Waals surface area (Å²) in [4.78, 5) is 9.56. The third kappa shape index (κ3) is 2.80. The first-order chi connectivity index (χ1) is 10.4. The average molecular weight is 299 g/mol. The highest BCUT2D eigenvalue weighted by molar-refractivity contribution is 7.09. The fourth-order valence-electron chi connectivity index (χ4n) is 2.02. The van der Waals surface area contributed by atoms with Gasteiger partial charge in [0.1, 0.15) is 12.4 Å². The summed E-state index contributed by atoms with van der Waals surface area (Å²) in [5.74, 6) is 2.70. The number of aromatic nitrogens is 3. The molecule has 0 N–H and O–H groups in total. The second kappa shape index (κ2) is 5.29. The maximum Gasteiger partial charge on any atom is 0.230 e. The monoisotopic (exact) mass is 299 g/mol. The quantitative estimate of drug-likeness (QED) is 0.719. The van der Waals surface area contributed by atoms with Crippen LogP contribution in [0.15, 0.2) is 40.5 Å². The van der Waals surface area contributed by atoms with E-state index in [-0.39, 0.29) is 0 Å². The Kier molecular flexibility index (Phi) is 3.16. The molecule has 1 saturated carbocycles. The average Bonchev–Trinajstić information content (AvgIpc) is 3.04. The number of rotatable bonds is 5. The third-order valence-corrected chi connectivity index (χ3v) is 4.10. The van der Waals surface area contributed by atoms with Crippen molar-refractivity contribution >= 4 is 11.3 Å². The van der Waals surface area contributed by atoms with E-state index in [9.17, 15) is 0 Å². The minimum atomic E-state index is 0.480. The van der Waals surface area contributed by atoms with E-state index >= 15 is 0 Å². The lowest BCUT2D eigenvalue weighted by Gasteiger charge is -2.04. The minimum Gasteiger partial charge on any atom is -0.488 e. The first kappa shape index (κ1) is 12.5. The lowest BCUT2D eigenvalue weighted by molar-refractivity contribution is 0.309. The molecule has 3 aromatic rings. The number of thiazole rings is 1. The third-order valence-electron chi connectivity index (χ3n) is 3.35. The molecule has 5 nitrogen and oxygen atoms in total. The molecule has 0 aliphatic heterocycles. The van der Waals surface area contributed by atoms with E-state index in [4.69, 9.17) is 9.26 Å². The van der Waals surface area contributed by atoms with Crippen molar-refractivity contribution in [3.8, 4) is 17.1 Å². The summed E-state index contributed by atoms with van der Waals surface area (Å²) in [5.41, 5.74) is 2.74. The van der Waals surface area contributed by atoms with Gasteiger partial charge < -0.3 is 9.26 Å². The van der Waals surface area contributed by atoms with Gasteiger partial charge in [0.25, 0.3) is 0 Å². The molecule has 0 bridgehead atoms. The van der Waals surface area contributed by atoms with Crippen LogP contribution in [0.5, 0.6) is 5.75 Å². The van der Waals surface area contributed by atoms with Gasteiger partial charge in [-0.05, 0) is 37.1 Å². The van der Waals surface area contributed by atoms with Crippen LogP contribution in [-0.2, 0) is 6.61 Å². The van der Waals surface area contributed by atoms with Crippen molar-refractivity contribution in [1.82, 2.24) is 15.1 Å². The number of benzene rings is 1. The van der Waals surface area contributed by atoms with Crippen LogP contribution in [0.4, 0.5) is 0 Å². The van der Waals surface area contributed by atoms with Gasteiger partial charge in [-0.25, -0.2) is 0 Å². The zero-order chi connectivity index (χ0) is 14.1. The van der Waals surface area contributed by atoms with Crippen LogP contribution in [0.2, 0.25) is 0 Å². The summed E-state index contributed by atoms with van der Waals surface area (Å²) in [6.45, 7) is 0.540.